The first kappa shape index (κ1) is 19.2. The van der Waals surface area contributed by atoms with E-state index in [9.17, 15) is 0 Å². The van der Waals surface area contributed by atoms with E-state index < -0.39 is 0 Å². The maximum absolute atomic E-state index is 5.56. The number of rotatable bonds is 14. The van der Waals surface area contributed by atoms with E-state index in [0.717, 1.165) is 31.4 Å². The van der Waals surface area contributed by atoms with Crippen LogP contribution in [-0.4, -0.2) is 63.7 Å². The van der Waals surface area contributed by atoms with Crippen molar-refractivity contribution in [3.63, 3.8) is 0 Å². The maximum Gasteiger partial charge on any atom is 0.0701 e. The number of hydrogen-bond acceptors (Lipinski definition) is 5. The van der Waals surface area contributed by atoms with E-state index in [1.807, 2.05) is 11.8 Å². The van der Waals surface area contributed by atoms with Gasteiger partial charge in [0.05, 0.1) is 33.0 Å². The van der Waals surface area contributed by atoms with Crippen LogP contribution < -0.4 is 5.32 Å². The van der Waals surface area contributed by atoms with Gasteiger partial charge in [-0.3, -0.25) is 0 Å². The van der Waals surface area contributed by atoms with Gasteiger partial charge in [0.25, 0.3) is 0 Å². The summed E-state index contributed by atoms with van der Waals surface area (Å²) in [5.74, 6) is 0. The third-order valence-electron chi connectivity index (χ3n) is 3.78. The lowest BCUT2D eigenvalue weighted by Gasteiger charge is -2.12. The van der Waals surface area contributed by atoms with Crippen LogP contribution in [0.15, 0.2) is 0 Å². The fourth-order valence-electron chi connectivity index (χ4n) is 2.46. The predicted octanol–water partition coefficient (Wildman–Crippen LogP) is 2.71. The Hall–Kier alpha value is 0.190. The van der Waals surface area contributed by atoms with Crippen molar-refractivity contribution in [3.05, 3.63) is 0 Å². The van der Waals surface area contributed by atoms with Gasteiger partial charge in [-0.15, -0.1) is 0 Å². The molecule has 4 nitrogen and oxygen atoms in total. The number of nitrogens with one attached hydrogen (secondary N) is 1. The predicted molar refractivity (Wildman–Crippen MR) is 90.3 cm³/mol. The summed E-state index contributed by atoms with van der Waals surface area (Å²) in [5.41, 5.74) is 0. The highest BCUT2D eigenvalue weighted by molar-refractivity contribution is 7.99. The van der Waals surface area contributed by atoms with Gasteiger partial charge in [0.15, 0.2) is 0 Å². The molecule has 1 fully saturated rings. The van der Waals surface area contributed by atoms with Crippen molar-refractivity contribution in [1.29, 1.82) is 0 Å². The summed E-state index contributed by atoms with van der Waals surface area (Å²) in [5, 5.41) is 4.44. The van der Waals surface area contributed by atoms with Crippen LogP contribution in [0.3, 0.4) is 0 Å². The quantitative estimate of drug-likeness (QED) is 0.499. The number of ether oxygens (including phenoxy) is 3. The smallest absolute Gasteiger partial charge is 0.0701 e. The van der Waals surface area contributed by atoms with Crippen LogP contribution in [0, 0.1) is 0 Å². The lowest BCUT2D eigenvalue weighted by Crippen LogP contribution is -2.30. The molecule has 0 heterocycles. The number of hydrogen-bond donors (Lipinski definition) is 1. The molecule has 1 aliphatic rings. The van der Waals surface area contributed by atoms with Gasteiger partial charge in [-0.05, 0) is 31.9 Å². The van der Waals surface area contributed by atoms with Gasteiger partial charge in [-0.25, -0.2) is 0 Å². The third-order valence-corrected chi connectivity index (χ3v) is 4.88. The van der Waals surface area contributed by atoms with Gasteiger partial charge in [0.1, 0.15) is 0 Å². The molecule has 1 rings (SSSR count). The maximum atomic E-state index is 5.56. The SMILES string of the molecule is CCCCOCCOCCOCCNC1CCC(SC)C1. The molecule has 2 atom stereocenters. The number of unbranched alkanes of at least 4 members (excludes halogenated alkanes) is 1. The van der Waals surface area contributed by atoms with Gasteiger partial charge in [0.2, 0.25) is 0 Å². The largest absolute Gasteiger partial charge is 0.379 e. The monoisotopic (exact) mass is 319 g/mol. The molecule has 0 amide bonds. The Balaban J connectivity index is 1.73. The molecule has 2 unspecified atom stereocenters. The normalized spacial score (nSPS) is 22.0. The summed E-state index contributed by atoms with van der Waals surface area (Å²) in [6.07, 6.45) is 8.50. The molecule has 0 spiro atoms. The van der Waals surface area contributed by atoms with E-state index >= 15 is 0 Å². The van der Waals surface area contributed by atoms with Crippen molar-refractivity contribution >= 4 is 11.8 Å². The van der Waals surface area contributed by atoms with Crippen molar-refractivity contribution in [2.24, 2.45) is 0 Å². The van der Waals surface area contributed by atoms with Gasteiger partial charge in [-0.2, -0.15) is 11.8 Å². The summed E-state index contributed by atoms with van der Waals surface area (Å²) in [7, 11) is 0. The highest BCUT2D eigenvalue weighted by Gasteiger charge is 2.22. The molecule has 5 heteroatoms. The summed E-state index contributed by atoms with van der Waals surface area (Å²) >= 11 is 2.00. The minimum atomic E-state index is 0.662. The molecule has 0 aromatic carbocycles. The van der Waals surface area contributed by atoms with Crippen LogP contribution in [0.25, 0.3) is 0 Å². The molecule has 1 aliphatic carbocycles. The van der Waals surface area contributed by atoms with Gasteiger partial charge >= 0.3 is 0 Å². The highest BCUT2D eigenvalue weighted by Crippen LogP contribution is 2.27. The van der Waals surface area contributed by atoms with Crippen LogP contribution in [0.4, 0.5) is 0 Å². The third kappa shape index (κ3) is 10.5. The van der Waals surface area contributed by atoms with Crippen molar-refractivity contribution in [2.45, 2.75) is 50.3 Å². The standard InChI is InChI=1S/C16H33NO3S/c1-3-4-8-18-10-12-20-13-11-19-9-7-17-15-5-6-16(14-15)21-2/h15-17H,3-14H2,1-2H3. The van der Waals surface area contributed by atoms with Crippen LogP contribution >= 0.6 is 11.8 Å². The second-order valence-electron chi connectivity index (χ2n) is 5.51. The molecule has 0 aromatic rings. The summed E-state index contributed by atoms with van der Waals surface area (Å²) in [6.45, 7) is 7.44. The van der Waals surface area contributed by atoms with E-state index in [1.54, 1.807) is 0 Å². The molecule has 126 valence electrons. The van der Waals surface area contributed by atoms with Gasteiger partial charge in [-0.1, -0.05) is 13.3 Å². The fourth-order valence-corrected chi connectivity index (χ4v) is 3.26. The van der Waals surface area contributed by atoms with E-state index in [1.165, 1.54) is 25.7 Å². The lowest BCUT2D eigenvalue weighted by atomic mass is 10.2. The molecular weight excluding hydrogens is 286 g/mol. The minimum absolute atomic E-state index is 0.662. The zero-order valence-electron chi connectivity index (χ0n) is 13.8. The summed E-state index contributed by atoms with van der Waals surface area (Å²) < 4.78 is 16.4. The summed E-state index contributed by atoms with van der Waals surface area (Å²) in [6, 6.07) is 0.697. The fraction of sp³-hybridized carbons (Fsp3) is 1.00. The van der Waals surface area contributed by atoms with Crippen LogP contribution in [0.1, 0.15) is 39.0 Å². The molecule has 0 radical (unpaired) electrons. The van der Waals surface area contributed by atoms with Crippen molar-refractivity contribution in [2.75, 3.05) is 52.4 Å². The van der Waals surface area contributed by atoms with E-state index in [2.05, 4.69) is 18.5 Å². The first-order valence-electron chi connectivity index (χ1n) is 8.36. The Labute approximate surface area is 134 Å². The van der Waals surface area contributed by atoms with Crippen molar-refractivity contribution in [3.8, 4) is 0 Å². The first-order chi connectivity index (χ1) is 10.4. The van der Waals surface area contributed by atoms with E-state index in [0.29, 0.717) is 32.5 Å². The molecule has 0 bridgehead atoms. The van der Waals surface area contributed by atoms with Crippen molar-refractivity contribution < 1.29 is 14.2 Å². The van der Waals surface area contributed by atoms with Gasteiger partial charge < -0.3 is 19.5 Å². The van der Waals surface area contributed by atoms with E-state index in [-0.39, 0.29) is 0 Å². The Morgan fingerprint density at radius 3 is 2.24 bits per heavy atom. The minimum Gasteiger partial charge on any atom is -0.379 e. The topological polar surface area (TPSA) is 39.7 Å². The van der Waals surface area contributed by atoms with E-state index in [4.69, 9.17) is 14.2 Å². The second-order valence-corrected chi connectivity index (χ2v) is 6.65. The average Bonchev–Trinajstić information content (AvgIpc) is 2.96. The Morgan fingerprint density at radius 2 is 1.62 bits per heavy atom. The molecular formula is C16H33NO3S. The number of thioether (sulfide) groups is 1. The molecule has 21 heavy (non-hydrogen) atoms. The molecule has 0 aromatic heterocycles. The van der Waals surface area contributed by atoms with Crippen LogP contribution in [0.2, 0.25) is 0 Å². The lowest BCUT2D eigenvalue weighted by molar-refractivity contribution is 0.0144. The Bertz CT molecular complexity index is 232. The summed E-state index contributed by atoms with van der Waals surface area (Å²) in [4.78, 5) is 0. The molecule has 1 N–H and O–H groups in total. The molecule has 0 saturated heterocycles. The Morgan fingerprint density at radius 1 is 0.952 bits per heavy atom. The first-order valence-corrected chi connectivity index (χ1v) is 9.65. The zero-order chi connectivity index (χ0) is 15.2. The Kier molecular flexibility index (Phi) is 12.7. The molecule has 1 saturated carbocycles. The second kappa shape index (κ2) is 13.8. The van der Waals surface area contributed by atoms with Crippen molar-refractivity contribution in [1.82, 2.24) is 5.32 Å². The zero-order valence-corrected chi connectivity index (χ0v) is 14.6. The van der Waals surface area contributed by atoms with Gasteiger partial charge in [0, 0.05) is 24.4 Å². The average molecular weight is 320 g/mol. The molecule has 0 aliphatic heterocycles. The van der Waals surface area contributed by atoms with Crippen LogP contribution in [0.5, 0.6) is 0 Å². The van der Waals surface area contributed by atoms with Crippen LogP contribution in [-0.2, 0) is 14.2 Å². The highest BCUT2D eigenvalue weighted by atomic mass is 32.2.